The second-order valence-corrected chi connectivity index (χ2v) is 8.48. The molecule has 9 nitrogen and oxygen atoms in total. The third-order valence-corrected chi connectivity index (χ3v) is 5.92. The van der Waals surface area contributed by atoms with Crippen LogP contribution in [0.2, 0.25) is 0 Å². The molecule has 0 aliphatic carbocycles. The Hall–Kier alpha value is -3.95. The highest BCUT2D eigenvalue weighted by molar-refractivity contribution is 5.83. The van der Waals surface area contributed by atoms with E-state index >= 15 is 0 Å². The Kier molecular flexibility index (Phi) is 7.70. The fraction of sp³-hybridized carbons (Fsp3) is 0.296. The van der Waals surface area contributed by atoms with Gasteiger partial charge >= 0.3 is 0 Å². The summed E-state index contributed by atoms with van der Waals surface area (Å²) < 4.78 is 16.6. The van der Waals surface area contributed by atoms with E-state index in [0.717, 1.165) is 73.0 Å². The van der Waals surface area contributed by atoms with Crippen LogP contribution in [0.25, 0.3) is 10.9 Å². The van der Waals surface area contributed by atoms with E-state index in [1.54, 1.807) is 19.5 Å². The first-order chi connectivity index (χ1) is 17.7. The molecule has 1 aliphatic rings. The standard InChI is InChI=1S/C27H30N6O3/c1-34-24-7-8-25-20(18-24)17-22(19-29-25)30-26-9-10-28-27(32-26)31-21-3-5-23(6-4-21)36-14-2-11-33-12-15-35-16-13-33/h3-10,17-19H,2,11-16H2,1H3,(H2,28,30,31,32). The highest BCUT2D eigenvalue weighted by Crippen LogP contribution is 2.24. The minimum atomic E-state index is 0.495. The van der Waals surface area contributed by atoms with E-state index in [0.29, 0.717) is 18.4 Å². The number of hydrogen-bond acceptors (Lipinski definition) is 9. The summed E-state index contributed by atoms with van der Waals surface area (Å²) in [6.07, 6.45) is 4.48. The van der Waals surface area contributed by atoms with E-state index in [9.17, 15) is 0 Å². The normalized spacial score (nSPS) is 13.9. The fourth-order valence-corrected chi connectivity index (χ4v) is 4.01. The van der Waals surface area contributed by atoms with Crippen LogP contribution in [0.3, 0.4) is 0 Å². The van der Waals surface area contributed by atoms with Gasteiger partial charge in [0, 0.05) is 36.9 Å². The van der Waals surface area contributed by atoms with Crippen molar-refractivity contribution in [3.05, 3.63) is 67.0 Å². The molecular weight excluding hydrogens is 456 g/mol. The number of fused-ring (bicyclic) bond motifs is 1. The van der Waals surface area contributed by atoms with E-state index in [1.807, 2.05) is 54.6 Å². The third kappa shape index (κ3) is 6.38. The van der Waals surface area contributed by atoms with Gasteiger partial charge in [0.25, 0.3) is 0 Å². The predicted octanol–water partition coefficient (Wildman–Crippen LogP) is 4.62. The lowest BCUT2D eigenvalue weighted by Gasteiger charge is -2.26. The summed E-state index contributed by atoms with van der Waals surface area (Å²) in [5.41, 5.74) is 2.61. The van der Waals surface area contributed by atoms with Crippen molar-refractivity contribution >= 4 is 34.0 Å². The molecule has 0 saturated carbocycles. The largest absolute Gasteiger partial charge is 0.497 e. The van der Waals surface area contributed by atoms with Gasteiger partial charge in [-0.15, -0.1) is 0 Å². The highest BCUT2D eigenvalue weighted by Gasteiger charge is 2.09. The molecule has 186 valence electrons. The summed E-state index contributed by atoms with van der Waals surface area (Å²) in [6, 6.07) is 17.4. The molecule has 36 heavy (non-hydrogen) atoms. The van der Waals surface area contributed by atoms with Crippen LogP contribution in [0.15, 0.2) is 67.0 Å². The molecule has 2 N–H and O–H groups in total. The Morgan fingerprint density at radius 2 is 1.75 bits per heavy atom. The van der Waals surface area contributed by atoms with Gasteiger partial charge in [0.15, 0.2) is 0 Å². The van der Waals surface area contributed by atoms with Crippen molar-refractivity contribution in [3.63, 3.8) is 0 Å². The number of aromatic nitrogens is 3. The Bertz CT molecular complexity index is 1280. The molecule has 1 saturated heterocycles. The summed E-state index contributed by atoms with van der Waals surface area (Å²) in [5.74, 6) is 2.80. The molecule has 3 heterocycles. The number of nitrogens with zero attached hydrogens (tertiary/aromatic N) is 4. The minimum Gasteiger partial charge on any atom is -0.497 e. The Balaban J connectivity index is 1.14. The molecule has 1 aliphatic heterocycles. The molecular formula is C27H30N6O3. The van der Waals surface area contributed by atoms with E-state index in [4.69, 9.17) is 14.2 Å². The number of benzene rings is 2. The maximum Gasteiger partial charge on any atom is 0.229 e. The first-order valence-corrected chi connectivity index (χ1v) is 12.1. The molecule has 5 rings (SSSR count). The van der Waals surface area contributed by atoms with Crippen LogP contribution in [0.5, 0.6) is 11.5 Å². The molecule has 0 atom stereocenters. The Morgan fingerprint density at radius 3 is 2.58 bits per heavy atom. The molecule has 9 heteroatoms. The zero-order chi connectivity index (χ0) is 24.6. The predicted molar refractivity (Wildman–Crippen MR) is 141 cm³/mol. The van der Waals surface area contributed by atoms with Gasteiger partial charge in [-0.3, -0.25) is 9.88 Å². The van der Waals surface area contributed by atoms with Crippen molar-refractivity contribution in [1.82, 2.24) is 19.9 Å². The molecule has 0 bridgehead atoms. The number of pyridine rings is 1. The number of morpholine rings is 1. The Morgan fingerprint density at radius 1 is 0.917 bits per heavy atom. The molecule has 1 fully saturated rings. The van der Waals surface area contributed by atoms with Gasteiger partial charge in [-0.1, -0.05) is 0 Å². The lowest BCUT2D eigenvalue weighted by Crippen LogP contribution is -2.37. The van der Waals surface area contributed by atoms with Crippen LogP contribution < -0.4 is 20.1 Å². The lowest BCUT2D eigenvalue weighted by atomic mass is 10.2. The number of methoxy groups -OCH3 is 1. The second kappa shape index (κ2) is 11.7. The van der Waals surface area contributed by atoms with E-state index < -0.39 is 0 Å². The number of nitrogens with one attached hydrogen (secondary N) is 2. The summed E-state index contributed by atoms with van der Waals surface area (Å²) in [5, 5.41) is 7.52. The van der Waals surface area contributed by atoms with Crippen molar-refractivity contribution in [1.29, 1.82) is 0 Å². The van der Waals surface area contributed by atoms with Gasteiger partial charge in [0.2, 0.25) is 5.95 Å². The first-order valence-electron chi connectivity index (χ1n) is 12.1. The third-order valence-electron chi connectivity index (χ3n) is 5.92. The van der Waals surface area contributed by atoms with Crippen molar-refractivity contribution in [2.75, 3.05) is 57.2 Å². The minimum absolute atomic E-state index is 0.495. The van der Waals surface area contributed by atoms with Crippen molar-refractivity contribution in [3.8, 4) is 11.5 Å². The molecule has 2 aromatic heterocycles. The molecule has 0 unspecified atom stereocenters. The van der Waals surface area contributed by atoms with Gasteiger partial charge in [0.1, 0.15) is 17.3 Å². The average molecular weight is 487 g/mol. The summed E-state index contributed by atoms with van der Waals surface area (Å²) in [4.78, 5) is 15.8. The van der Waals surface area contributed by atoms with Crippen LogP contribution in [-0.4, -0.2) is 66.4 Å². The van der Waals surface area contributed by atoms with E-state index in [-0.39, 0.29) is 0 Å². The topological polar surface area (TPSA) is 93.7 Å². The summed E-state index contributed by atoms with van der Waals surface area (Å²) in [7, 11) is 1.65. The molecule has 4 aromatic rings. The van der Waals surface area contributed by atoms with Gasteiger partial charge in [-0.25, -0.2) is 4.98 Å². The van der Waals surface area contributed by atoms with E-state index in [1.165, 1.54) is 0 Å². The molecule has 0 radical (unpaired) electrons. The summed E-state index contributed by atoms with van der Waals surface area (Å²) in [6.45, 7) is 5.40. The van der Waals surface area contributed by atoms with Crippen molar-refractivity contribution in [2.45, 2.75) is 6.42 Å². The van der Waals surface area contributed by atoms with Crippen LogP contribution in [0.1, 0.15) is 6.42 Å². The smallest absolute Gasteiger partial charge is 0.229 e. The van der Waals surface area contributed by atoms with Gasteiger partial charge < -0.3 is 24.8 Å². The monoisotopic (exact) mass is 486 g/mol. The maximum atomic E-state index is 5.89. The van der Waals surface area contributed by atoms with Crippen LogP contribution in [-0.2, 0) is 4.74 Å². The zero-order valence-electron chi connectivity index (χ0n) is 20.3. The van der Waals surface area contributed by atoms with Crippen LogP contribution in [0.4, 0.5) is 23.1 Å². The van der Waals surface area contributed by atoms with Gasteiger partial charge in [0.05, 0.1) is 44.3 Å². The van der Waals surface area contributed by atoms with E-state index in [2.05, 4.69) is 30.5 Å². The molecule has 0 spiro atoms. The highest BCUT2D eigenvalue weighted by atomic mass is 16.5. The second-order valence-electron chi connectivity index (χ2n) is 8.48. The SMILES string of the molecule is COc1ccc2ncc(Nc3ccnc(Nc4ccc(OCCCN5CCOCC5)cc4)n3)cc2c1. The fourth-order valence-electron chi connectivity index (χ4n) is 4.01. The number of ether oxygens (including phenoxy) is 3. The number of anilines is 4. The van der Waals surface area contributed by atoms with Gasteiger partial charge in [-0.2, -0.15) is 4.98 Å². The molecule has 0 amide bonds. The quantitative estimate of drug-likeness (QED) is 0.311. The summed E-state index contributed by atoms with van der Waals surface area (Å²) >= 11 is 0. The maximum absolute atomic E-state index is 5.89. The number of rotatable bonds is 10. The van der Waals surface area contributed by atoms with Crippen molar-refractivity contribution in [2.24, 2.45) is 0 Å². The first kappa shape index (κ1) is 23.8. The van der Waals surface area contributed by atoms with Crippen LogP contribution >= 0.6 is 0 Å². The van der Waals surface area contributed by atoms with Gasteiger partial charge in [-0.05, 0) is 61.0 Å². The number of hydrogen-bond donors (Lipinski definition) is 2. The zero-order valence-corrected chi connectivity index (χ0v) is 20.3. The molecule has 2 aromatic carbocycles. The lowest BCUT2D eigenvalue weighted by molar-refractivity contribution is 0.0358. The Labute approximate surface area is 210 Å². The van der Waals surface area contributed by atoms with Crippen LogP contribution in [0, 0.1) is 0 Å². The van der Waals surface area contributed by atoms with Crippen molar-refractivity contribution < 1.29 is 14.2 Å². The average Bonchev–Trinajstić information content (AvgIpc) is 2.92.